The molecule has 0 aliphatic carbocycles. The van der Waals surface area contributed by atoms with Gasteiger partial charge in [0.1, 0.15) is 0 Å². The summed E-state index contributed by atoms with van der Waals surface area (Å²) in [6.45, 7) is 12.8. The first-order chi connectivity index (χ1) is 16.2. The predicted octanol–water partition coefficient (Wildman–Crippen LogP) is 5.78. The summed E-state index contributed by atoms with van der Waals surface area (Å²) in [5.41, 5.74) is 4.52. The lowest BCUT2D eigenvalue weighted by Crippen LogP contribution is -2.40. The van der Waals surface area contributed by atoms with Crippen molar-refractivity contribution in [3.8, 4) is 11.5 Å². The third kappa shape index (κ3) is 5.57. The van der Waals surface area contributed by atoms with Crippen LogP contribution in [0.1, 0.15) is 80.4 Å². The molecule has 2 heterocycles. The number of fused-ring (bicyclic) bond motifs is 1. The van der Waals surface area contributed by atoms with Gasteiger partial charge in [-0.3, -0.25) is 9.69 Å². The number of ether oxygens (including phenoxy) is 1. The van der Waals surface area contributed by atoms with E-state index in [0.29, 0.717) is 18.3 Å². The van der Waals surface area contributed by atoms with Crippen LogP contribution in [0.3, 0.4) is 0 Å². The normalized spacial score (nSPS) is 16.7. The summed E-state index contributed by atoms with van der Waals surface area (Å²) < 4.78 is 5.80. The smallest absolute Gasteiger partial charge is 0.254 e. The molecule has 0 radical (unpaired) electrons. The maximum atomic E-state index is 13.3. The number of amides is 1. The summed E-state index contributed by atoms with van der Waals surface area (Å²) in [5.74, 6) is 1.38. The van der Waals surface area contributed by atoms with Crippen molar-refractivity contribution in [1.29, 1.82) is 0 Å². The van der Waals surface area contributed by atoms with Gasteiger partial charge >= 0.3 is 0 Å². The number of benzene rings is 2. The molecule has 1 N–H and O–H groups in total. The Morgan fingerprint density at radius 1 is 1.09 bits per heavy atom. The summed E-state index contributed by atoms with van der Waals surface area (Å²) in [6.07, 6.45) is 5.33. The lowest BCUT2D eigenvalue weighted by Gasteiger charge is -2.36. The standard InChI is InChI=1S/C29H40N2O3/c1-21(2)20-34-27-17-22(11-12-26(27)32)13-14-29(3,4)31-18-23-9-8-10-24(25(23)19-31)28(33)30-15-6-5-7-16-30/h8-12,17,21,32H,5-7,13-16,18-20H2,1-4H3. The first kappa shape index (κ1) is 24.6. The zero-order valence-electron chi connectivity index (χ0n) is 21.3. The number of phenols is 1. The Hall–Kier alpha value is -2.53. The minimum absolute atomic E-state index is 0.0265. The summed E-state index contributed by atoms with van der Waals surface area (Å²) >= 11 is 0. The molecule has 0 unspecified atom stereocenters. The van der Waals surface area contributed by atoms with Crippen molar-refractivity contribution >= 4 is 5.91 Å². The second kappa shape index (κ2) is 10.4. The number of phenolic OH excluding ortho intramolecular Hbond substituents is 1. The van der Waals surface area contributed by atoms with E-state index in [-0.39, 0.29) is 17.2 Å². The van der Waals surface area contributed by atoms with E-state index in [4.69, 9.17) is 4.74 Å². The van der Waals surface area contributed by atoms with Crippen LogP contribution in [0.25, 0.3) is 0 Å². The topological polar surface area (TPSA) is 53.0 Å². The van der Waals surface area contributed by atoms with Gasteiger partial charge in [0.2, 0.25) is 0 Å². The lowest BCUT2D eigenvalue weighted by atomic mass is 9.93. The van der Waals surface area contributed by atoms with E-state index >= 15 is 0 Å². The van der Waals surface area contributed by atoms with Gasteiger partial charge in [-0.05, 0) is 86.8 Å². The Labute approximate surface area is 204 Å². The minimum Gasteiger partial charge on any atom is -0.504 e. The van der Waals surface area contributed by atoms with Crippen LogP contribution in [0.5, 0.6) is 11.5 Å². The molecule has 0 bridgehead atoms. The van der Waals surface area contributed by atoms with Gasteiger partial charge in [-0.1, -0.05) is 32.0 Å². The second-order valence-electron chi connectivity index (χ2n) is 11.0. The Morgan fingerprint density at radius 3 is 2.59 bits per heavy atom. The molecule has 184 valence electrons. The van der Waals surface area contributed by atoms with E-state index in [1.807, 2.05) is 29.2 Å². The highest BCUT2D eigenvalue weighted by Crippen LogP contribution is 2.35. The van der Waals surface area contributed by atoms with Crippen LogP contribution >= 0.6 is 0 Å². The van der Waals surface area contributed by atoms with Crippen molar-refractivity contribution in [2.75, 3.05) is 19.7 Å². The first-order valence-electron chi connectivity index (χ1n) is 12.8. The largest absolute Gasteiger partial charge is 0.504 e. The fraction of sp³-hybridized carbons (Fsp3) is 0.552. The summed E-state index contributed by atoms with van der Waals surface area (Å²) in [4.78, 5) is 17.8. The van der Waals surface area contributed by atoms with Crippen molar-refractivity contribution in [3.05, 3.63) is 58.7 Å². The van der Waals surface area contributed by atoms with E-state index in [1.54, 1.807) is 6.07 Å². The van der Waals surface area contributed by atoms with Gasteiger partial charge in [0, 0.05) is 37.3 Å². The van der Waals surface area contributed by atoms with Crippen LogP contribution in [0.15, 0.2) is 36.4 Å². The van der Waals surface area contributed by atoms with Gasteiger partial charge in [0.25, 0.3) is 5.91 Å². The molecule has 2 aromatic rings. The minimum atomic E-state index is -0.0265. The number of likely N-dealkylation sites (tertiary alicyclic amines) is 1. The molecule has 4 rings (SSSR count). The van der Waals surface area contributed by atoms with E-state index in [9.17, 15) is 9.90 Å². The molecule has 1 saturated heterocycles. The van der Waals surface area contributed by atoms with Crippen LogP contribution in [0.4, 0.5) is 0 Å². The molecule has 1 amide bonds. The highest BCUT2D eigenvalue weighted by atomic mass is 16.5. The number of piperidine rings is 1. The molecule has 0 saturated carbocycles. The SMILES string of the molecule is CC(C)COc1cc(CCC(C)(C)N2Cc3cccc(C(=O)N4CCCCC4)c3C2)ccc1O. The van der Waals surface area contributed by atoms with Crippen LogP contribution in [-0.4, -0.2) is 46.0 Å². The average Bonchev–Trinajstić information content (AvgIpc) is 3.28. The zero-order chi connectivity index (χ0) is 24.3. The summed E-state index contributed by atoms with van der Waals surface area (Å²) in [5, 5.41) is 10.1. The molecule has 5 heteroatoms. The Morgan fingerprint density at radius 2 is 1.85 bits per heavy atom. The lowest BCUT2D eigenvalue weighted by molar-refractivity contribution is 0.0720. The fourth-order valence-corrected chi connectivity index (χ4v) is 5.01. The zero-order valence-corrected chi connectivity index (χ0v) is 21.3. The number of carbonyl (C=O) groups excluding carboxylic acids is 1. The molecule has 5 nitrogen and oxygen atoms in total. The van der Waals surface area contributed by atoms with Gasteiger partial charge in [0.05, 0.1) is 6.61 Å². The van der Waals surface area contributed by atoms with E-state index < -0.39 is 0 Å². The third-order valence-corrected chi connectivity index (χ3v) is 7.33. The van der Waals surface area contributed by atoms with Gasteiger partial charge in [-0.15, -0.1) is 0 Å². The number of aromatic hydroxyl groups is 1. The van der Waals surface area contributed by atoms with Crippen molar-refractivity contribution in [1.82, 2.24) is 9.80 Å². The van der Waals surface area contributed by atoms with Crippen LogP contribution < -0.4 is 4.74 Å². The van der Waals surface area contributed by atoms with E-state index in [2.05, 4.69) is 38.7 Å². The molecule has 34 heavy (non-hydrogen) atoms. The van der Waals surface area contributed by atoms with Crippen LogP contribution in [-0.2, 0) is 19.5 Å². The molecule has 2 aromatic carbocycles. The molecule has 2 aliphatic rings. The summed E-state index contributed by atoms with van der Waals surface area (Å²) in [6, 6.07) is 11.9. The van der Waals surface area contributed by atoms with Crippen LogP contribution in [0.2, 0.25) is 0 Å². The molecule has 0 aromatic heterocycles. The van der Waals surface area contributed by atoms with Crippen molar-refractivity contribution in [2.45, 2.75) is 78.4 Å². The maximum Gasteiger partial charge on any atom is 0.254 e. The molecule has 0 atom stereocenters. The van der Waals surface area contributed by atoms with Crippen LogP contribution in [0, 0.1) is 5.92 Å². The van der Waals surface area contributed by atoms with Crippen molar-refractivity contribution in [3.63, 3.8) is 0 Å². The summed E-state index contributed by atoms with van der Waals surface area (Å²) in [7, 11) is 0. The number of carbonyl (C=O) groups is 1. The van der Waals surface area contributed by atoms with Gasteiger partial charge in [-0.2, -0.15) is 0 Å². The molecular weight excluding hydrogens is 424 g/mol. The quantitative estimate of drug-likeness (QED) is 0.538. The monoisotopic (exact) mass is 464 g/mol. The highest BCUT2D eigenvalue weighted by Gasteiger charge is 2.34. The van der Waals surface area contributed by atoms with Gasteiger partial charge in [0.15, 0.2) is 11.5 Å². The molecule has 1 fully saturated rings. The number of rotatable bonds is 8. The number of hydrogen-bond acceptors (Lipinski definition) is 4. The molecule has 2 aliphatic heterocycles. The van der Waals surface area contributed by atoms with Crippen molar-refractivity contribution in [2.24, 2.45) is 5.92 Å². The number of nitrogens with zero attached hydrogens (tertiary/aromatic N) is 2. The molecule has 0 spiro atoms. The third-order valence-electron chi connectivity index (χ3n) is 7.33. The second-order valence-corrected chi connectivity index (χ2v) is 11.0. The predicted molar refractivity (Wildman–Crippen MR) is 136 cm³/mol. The number of aryl methyl sites for hydroxylation is 1. The van der Waals surface area contributed by atoms with E-state index in [0.717, 1.165) is 57.4 Å². The maximum absolute atomic E-state index is 13.3. The number of hydrogen-bond donors (Lipinski definition) is 1. The Bertz CT molecular complexity index is 1010. The van der Waals surface area contributed by atoms with E-state index in [1.165, 1.54) is 23.1 Å². The van der Waals surface area contributed by atoms with Gasteiger partial charge < -0.3 is 14.7 Å². The Kier molecular flexibility index (Phi) is 7.51. The first-order valence-corrected chi connectivity index (χ1v) is 12.8. The van der Waals surface area contributed by atoms with Crippen molar-refractivity contribution < 1.29 is 14.6 Å². The average molecular weight is 465 g/mol. The Balaban J connectivity index is 1.42. The molecular formula is C29H40N2O3. The fourth-order valence-electron chi connectivity index (χ4n) is 5.01. The highest BCUT2D eigenvalue weighted by molar-refractivity contribution is 5.96. The van der Waals surface area contributed by atoms with Gasteiger partial charge in [-0.25, -0.2) is 0 Å².